The third-order valence-electron chi connectivity index (χ3n) is 1.33. The predicted octanol–water partition coefficient (Wildman–Crippen LogP) is 1.23. The van der Waals surface area contributed by atoms with E-state index < -0.39 is 17.5 Å². The molecule has 7 heteroatoms. The SMILES string of the molecule is COc1ncc(C(=O)C(F)(F)F)cn1. The van der Waals surface area contributed by atoms with Crippen molar-refractivity contribution in [1.82, 2.24) is 9.97 Å². The van der Waals surface area contributed by atoms with Crippen molar-refractivity contribution in [3.05, 3.63) is 18.0 Å². The lowest BCUT2D eigenvalue weighted by Crippen LogP contribution is -2.23. The Bertz CT molecular complexity index is 334. The van der Waals surface area contributed by atoms with Crippen LogP contribution in [0.1, 0.15) is 10.4 Å². The number of aromatic nitrogens is 2. The van der Waals surface area contributed by atoms with E-state index >= 15 is 0 Å². The molecule has 0 aromatic carbocycles. The van der Waals surface area contributed by atoms with Crippen molar-refractivity contribution >= 4 is 5.78 Å². The zero-order valence-electron chi connectivity index (χ0n) is 7.00. The van der Waals surface area contributed by atoms with E-state index in [0.29, 0.717) is 0 Å². The van der Waals surface area contributed by atoms with Crippen molar-refractivity contribution in [2.24, 2.45) is 0 Å². The number of nitrogens with zero attached hydrogens (tertiary/aromatic N) is 2. The molecule has 0 aliphatic heterocycles. The maximum atomic E-state index is 11.9. The van der Waals surface area contributed by atoms with Crippen molar-refractivity contribution < 1.29 is 22.7 Å². The van der Waals surface area contributed by atoms with Crippen LogP contribution >= 0.6 is 0 Å². The minimum atomic E-state index is -4.90. The first kappa shape index (κ1) is 10.4. The molecule has 0 N–H and O–H groups in total. The third kappa shape index (κ3) is 2.18. The lowest BCUT2D eigenvalue weighted by Gasteiger charge is -2.04. The van der Waals surface area contributed by atoms with Crippen LogP contribution in [0.4, 0.5) is 13.2 Å². The molecule has 14 heavy (non-hydrogen) atoms. The molecule has 0 fully saturated rings. The Balaban J connectivity index is 2.93. The Morgan fingerprint density at radius 1 is 1.36 bits per heavy atom. The van der Waals surface area contributed by atoms with Crippen LogP contribution in [0, 0.1) is 0 Å². The molecule has 0 radical (unpaired) electrons. The number of rotatable bonds is 2. The van der Waals surface area contributed by atoms with Gasteiger partial charge >= 0.3 is 12.2 Å². The highest BCUT2D eigenvalue weighted by Gasteiger charge is 2.39. The van der Waals surface area contributed by atoms with Gasteiger partial charge in [-0.3, -0.25) is 4.79 Å². The van der Waals surface area contributed by atoms with Gasteiger partial charge in [0.05, 0.1) is 12.7 Å². The molecular formula is C7H5F3N2O2. The van der Waals surface area contributed by atoms with Crippen LogP contribution in [-0.4, -0.2) is 29.0 Å². The topological polar surface area (TPSA) is 52.1 Å². The van der Waals surface area contributed by atoms with Crippen LogP contribution in [0.25, 0.3) is 0 Å². The Kier molecular flexibility index (Phi) is 2.68. The highest BCUT2D eigenvalue weighted by atomic mass is 19.4. The van der Waals surface area contributed by atoms with Crippen LogP contribution in [0.2, 0.25) is 0 Å². The van der Waals surface area contributed by atoms with Gasteiger partial charge in [0.2, 0.25) is 0 Å². The average molecular weight is 206 g/mol. The van der Waals surface area contributed by atoms with Crippen molar-refractivity contribution in [2.45, 2.75) is 6.18 Å². The number of hydrogen-bond acceptors (Lipinski definition) is 4. The Morgan fingerprint density at radius 3 is 2.21 bits per heavy atom. The molecule has 4 nitrogen and oxygen atoms in total. The molecule has 0 spiro atoms. The molecule has 0 aliphatic rings. The first-order valence-corrected chi connectivity index (χ1v) is 3.42. The lowest BCUT2D eigenvalue weighted by atomic mass is 10.2. The summed E-state index contributed by atoms with van der Waals surface area (Å²) < 4.78 is 40.2. The van der Waals surface area contributed by atoms with Gasteiger partial charge in [-0.2, -0.15) is 13.2 Å². The van der Waals surface area contributed by atoms with Crippen molar-refractivity contribution in [1.29, 1.82) is 0 Å². The summed E-state index contributed by atoms with van der Waals surface area (Å²) in [4.78, 5) is 17.4. The van der Waals surface area contributed by atoms with E-state index in [4.69, 9.17) is 0 Å². The maximum Gasteiger partial charge on any atom is 0.454 e. The Morgan fingerprint density at radius 2 is 1.86 bits per heavy atom. The summed E-state index contributed by atoms with van der Waals surface area (Å²) in [5.41, 5.74) is -0.613. The summed E-state index contributed by atoms with van der Waals surface area (Å²) >= 11 is 0. The van der Waals surface area contributed by atoms with E-state index in [2.05, 4.69) is 14.7 Å². The van der Waals surface area contributed by atoms with Gasteiger partial charge in [-0.15, -0.1) is 0 Å². The van der Waals surface area contributed by atoms with Crippen molar-refractivity contribution in [3.63, 3.8) is 0 Å². The smallest absolute Gasteiger partial charge is 0.454 e. The molecule has 1 aromatic heterocycles. The highest BCUT2D eigenvalue weighted by molar-refractivity contribution is 5.99. The van der Waals surface area contributed by atoms with Gasteiger partial charge in [-0.1, -0.05) is 0 Å². The van der Waals surface area contributed by atoms with Gasteiger partial charge < -0.3 is 4.74 Å². The normalized spacial score (nSPS) is 11.1. The minimum Gasteiger partial charge on any atom is -0.467 e. The number of alkyl halides is 3. The number of ketones is 1. The summed E-state index contributed by atoms with van der Waals surface area (Å²) in [6.07, 6.45) is -3.37. The highest BCUT2D eigenvalue weighted by Crippen LogP contribution is 2.20. The van der Waals surface area contributed by atoms with E-state index in [9.17, 15) is 18.0 Å². The second-order valence-corrected chi connectivity index (χ2v) is 2.29. The van der Waals surface area contributed by atoms with Crippen LogP contribution in [0.15, 0.2) is 12.4 Å². The number of carbonyl (C=O) groups excluding carboxylic acids is 1. The summed E-state index contributed by atoms with van der Waals surface area (Å²) in [5.74, 6) is -1.97. The van der Waals surface area contributed by atoms with Crippen LogP contribution < -0.4 is 4.74 Å². The summed E-state index contributed by atoms with van der Waals surface area (Å²) in [5, 5.41) is 0. The van der Waals surface area contributed by atoms with E-state index in [-0.39, 0.29) is 6.01 Å². The van der Waals surface area contributed by atoms with E-state index in [1.54, 1.807) is 0 Å². The van der Waals surface area contributed by atoms with Gasteiger partial charge in [0.1, 0.15) is 0 Å². The molecule has 0 unspecified atom stereocenters. The molecule has 0 saturated heterocycles. The first-order valence-electron chi connectivity index (χ1n) is 3.42. The standard InChI is InChI=1S/C7H5F3N2O2/c1-14-6-11-2-4(3-12-6)5(13)7(8,9)10/h2-3H,1H3. The first-order chi connectivity index (χ1) is 6.45. The second-order valence-electron chi connectivity index (χ2n) is 2.29. The predicted molar refractivity (Wildman–Crippen MR) is 39.0 cm³/mol. The van der Waals surface area contributed by atoms with Gasteiger partial charge in [-0.25, -0.2) is 9.97 Å². The molecule has 1 heterocycles. The van der Waals surface area contributed by atoms with Gasteiger partial charge in [0, 0.05) is 12.4 Å². The summed E-state index contributed by atoms with van der Waals surface area (Å²) in [7, 11) is 1.26. The van der Waals surface area contributed by atoms with Crippen molar-refractivity contribution in [3.8, 4) is 6.01 Å². The van der Waals surface area contributed by atoms with Crippen LogP contribution in [0.5, 0.6) is 6.01 Å². The zero-order valence-corrected chi connectivity index (χ0v) is 7.00. The number of methoxy groups -OCH3 is 1. The monoisotopic (exact) mass is 206 g/mol. The number of carbonyl (C=O) groups is 1. The third-order valence-corrected chi connectivity index (χ3v) is 1.33. The molecule has 0 amide bonds. The molecule has 1 aromatic rings. The maximum absolute atomic E-state index is 11.9. The quantitative estimate of drug-likeness (QED) is 0.683. The molecule has 1 rings (SSSR count). The molecule has 0 saturated carbocycles. The Hall–Kier alpha value is -1.66. The number of Topliss-reactive ketones (excluding diaryl/α,β-unsaturated/α-hetero) is 1. The van der Waals surface area contributed by atoms with E-state index in [0.717, 1.165) is 12.4 Å². The van der Waals surface area contributed by atoms with E-state index in [1.165, 1.54) is 7.11 Å². The minimum absolute atomic E-state index is 0.0938. The Labute approximate surface area is 76.7 Å². The molecule has 76 valence electrons. The van der Waals surface area contributed by atoms with Crippen LogP contribution in [-0.2, 0) is 0 Å². The fourth-order valence-corrected chi connectivity index (χ4v) is 0.703. The fourth-order valence-electron chi connectivity index (χ4n) is 0.703. The van der Waals surface area contributed by atoms with E-state index in [1.807, 2.05) is 0 Å². The average Bonchev–Trinajstić information content (AvgIpc) is 2.15. The number of halogens is 3. The van der Waals surface area contributed by atoms with Gasteiger partial charge in [0.25, 0.3) is 5.78 Å². The molecule has 0 bridgehead atoms. The van der Waals surface area contributed by atoms with Crippen LogP contribution in [0.3, 0.4) is 0 Å². The van der Waals surface area contributed by atoms with Gasteiger partial charge in [-0.05, 0) is 0 Å². The number of hydrogen-bond donors (Lipinski definition) is 0. The van der Waals surface area contributed by atoms with Crippen molar-refractivity contribution in [2.75, 3.05) is 7.11 Å². The largest absolute Gasteiger partial charge is 0.467 e. The molecule has 0 atom stereocenters. The zero-order chi connectivity index (χ0) is 10.8. The summed E-state index contributed by atoms with van der Waals surface area (Å²) in [6.45, 7) is 0. The van der Waals surface area contributed by atoms with Gasteiger partial charge in [0.15, 0.2) is 0 Å². The fraction of sp³-hybridized carbons (Fsp3) is 0.286. The second kappa shape index (κ2) is 3.60. The molecular weight excluding hydrogens is 201 g/mol. The molecule has 0 aliphatic carbocycles. The summed E-state index contributed by atoms with van der Waals surface area (Å²) in [6, 6.07) is -0.0938. The number of ether oxygens (including phenoxy) is 1. The lowest BCUT2D eigenvalue weighted by molar-refractivity contribution is -0.0885.